The van der Waals surface area contributed by atoms with Crippen molar-refractivity contribution in [3.8, 4) is 5.69 Å². The van der Waals surface area contributed by atoms with Crippen LogP contribution in [0.15, 0.2) is 79.1 Å². The predicted molar refractivity (Wildman–Crippen MR) is 125 cm³/mol. The molecule has 2 N–H and O–H groups in total. The Hall–Kier alpha value is -4.04. The lowest BCUT2D eigenvalue weighted by atomic mass is 10.0. The summed E-state index contributed by atoms with van der Waals surface area (Å²) in [6.45, 7) is 1.92. The first-order chi connectivity index (χ1) is 16.0. The molecule has 3 aromatic carbocycles. The van der Waals surface area contributed by atoms with E-state index in [1.165, 1.54) is 11.0 Å². The lowest BCUT2D eigenvalue weighted by molar-refractivity contribution is -0.118. The molecule has 0 saturated heterocycles. The molecule has 0 aliphatic heterocycles. The van der Waals surface area contributed by atoms with Crippen molar-refractivity contribution in [2.24, 2.45) is 0 Å². The molecular weight excluding hydrogens is 440 g/mol. The lowest BCUT2D eigenvalue weighted by Crippen LogP contribution is -2.45. The van der Waals surface area contributed by atoms with Crippen molar-refractivity contribution in [3.05, 3.63) is 101 Å². The molecule has 4 rings (SSSR count). The minimum atomic E-state index is -0.798. The van der Waals surface area contributed by atoms with Gasteiger partial charge in [0.2, 0.25) is 5.91 Å². The smallest absolute Gasteiger partial charge is 0.251 e. The zero-order valence-electron chi connectivity index (χ0n) is 17.8. The number of anilines is 1. The molecule has 2 amide bonds. The van der Waals surface area contributed by atoms with Crippen LogP contribution in [0.5, 0.6) is 0 Å². The number of carbonyl (C=O) groups is 2. The van der Waals surface area contributed by atoms with Crippen LogP contribution in [-0.4, -0.2) is 38.1 Å². The van der Waals surface area contributed by atoms with Crippen LogP contribution < -0.4 is 10.6 Å². The fourth-order valence-corrected chi connectivity index (χ4v) is 3.46. The van der Waals surface area contributed by atoms with Gasteiger partial charge >= 0.3 is 0 Å². The summed E-state index contributed by atoms with van der Waals surface area (Å²) < 4.78 is 1.52. The van der Waals surface area contributed by atoms with Crippen LogP contribution in [0, 0.1) is 6.92 Å². The van der Waals surface area contributed by atoms with E-state index in [9.17, 15) is 9.59 Å². The summed E-state index contributed by atoms with van der Waals surface area (Å²) in [4.78, 5) is 26.0. The van der Waals surface area contributed by atoms with Crippen molar-refractivity contribution in [1.29, 1.82) is 0 Å². The number of hydrogen-bond acceptors (Lipinski definition) is 5. The number of nitrogens with one attached hydrogen (secondary N) is 2. The zero-order valence-corrected chi connectivity index (χ0v) is 18.5. The third kappa shape index (κ3) is 5.61. The number of rotatable bonds is 7. The van der Waals surface area contributed by atoms with Crippen molar-refractivity contribution >= 4 is 29.1 Å². The van der Waals surface area contributed by atoms with E-state index < -0.39 is 6.04 Å². The Morgan fingerprint density at radius 2 is 1.79 bits per heavy atom. The highest BCUT2D eigenvalue weighted by molar-refractivity contribution is 6.30. The van der Waals surface area contributed by atoms with E-state index >= 15 is 0 Å². The second-order valence-electron chi connectivity index (χ2n) is 7.47. The van der Waals surface area contributed by atoms with Crippen LogP contribution in [0.4, 0.5) is 5.69 Å². The summed E-state index contributed by atoms with van der Waals surface area (Å²) in [5, 5.41) is 17.5. The zero-order chi connectivity index (χ0) is 23.2. The standard InChI is InChI=1S/C24H21ClN6O2/c1-16-7-12-20(14-22(16)31-15-26-29-30-31)27-24(33)21(13-17-5-3-2-4-6-17)28-23(32)18-8-10-19(25)11-9-18/h2-12,14-15,21H,13H2,1H3,(H,27,33)(H,28,32). The number of nitrogens with zero attached hydrogens (tertiary/aromatic N) is 4. The molecule has 1 unspecified atom stereocenters. The van der Waals surface area contributed by atoms with E-state index in [1.807, 2.05) is 43.3 Å². The molecule has 0 radical (unpaired) electrons. The van der Waals surface area contributed by atoms with Crippen LogP contribution in [0.3, 0.4) is 0 Å². The summed E-state index contributed by atoms with van der Waals surface area (Å²) in [5.41, 5.74) is 3.59. The number of hydrogen-bond donors (Lipinski definition) is 2. The summed E-state index contributed by atoms with van der Waals surface area (Å²) in [5.74, 6) is -0.700. The molecule has 0 spiro atoms. The Bertz CT molecular complexity index is 1240. The molecule has 9 heteroatoms. The Kier molecular flexibility index (Phi) is 6.75. The molecular formula is C24H21ClN6O2. The molecule has 33 heavy (non-hydrogen) atoms. The first-order valence-electron chi connectivity index (χ1n) is 10.2. The van der Waals surface area contributed by atoms with E-state index in [0.717, 1.165) is 16.8 Å². The molecule has 0 bridgehead atoms. The van der Waals surface area contributed by atoms with Gasteiger partial charge in [-0.1, -0.05) is 48.0 Å². The van der Waals surface area contributed by atoms with E-state index in [2.05, 4.69) is 26.2 Å². The van der Waals surface area contributed by atoms with Crippen LogP contribution in [-0.2, 0) is 11.2 Å². The molecule has 8 nitrogen and oxygen atoms in total. The third-order valence-corrected chi connectivity index (χ3v) is 5.34. The van der Waals surface area contributed by atoms with Gasteiger partial charge in [0.1, 0.15) is 12.4 Å². The fraction of sp³-hybridized carbons (Fsp3) is 0.125. The maximum atomic E-state index is 13.2. The number of halogens is 1. The molecule has 0 fully saturated rings. The van der Waals surface area contributed by atoms with E-state index in [0.29, 0.717) is 22.7 Å². The highest BCUT2D eigenvalue weighted by Crippen LogP contribution is 2.19. The van der Waals surface area contributed by atoms with Crippen molar-refractivity contribution in [1.82, 2.24) is 25.5 Å². The maximum absolute atomic E-state index is 13.2. The van der Waals surface area contributed by atoms with E-state index in [1.54, 1.807) is 36.4 Å². The van der Waals surface area contributed by atoms with Crippen LogP contribution in [0.2, 0.25) is 5.02 Å². The number of benzene rings is 3. The average Bonchev–Trinajstić information content (AvgIpc) is 3.36. The summed E-state index contributed by atoms with van der Waals surface area (Å²) in [6.07, 6.45) is 1.82. The average molecular weight is 461 g/mol. The Balaban J connectivity index is 1.56. The minimum Gasteiger partial charge on any atom is -0.340 e. The quantitative estimate of drug-likeness (QED) is 0.438. The van der Waals surface area contributed by atoms with E-state index in [-0.39, 0.29) is 11.8 Å². The van der Waals surface area contributed by atoms with Gasteiger partial charge in [0.15, 0.2) is 0 Å². The second-order valence-corrected chi connectivity index (χ2v) is 7.90. The van der Waals surface area contributed by atoms with Gasteiger partial charge in [0.25, 0.3) is 5.91 Å². The number of carbonyl (C=O) groups excluding carboxylic acids is 2. The highest BCUT2D eigenvalue weighted by Gasteiger charge is 2.22. The summed E-state index contributed by atoms with van der Waals surface area (Å²) in [6, 6.07) is 20.7. The monoisotopic (exact) mass is 460 g/mol. The van der Waals surface area contributed by atoms with Crippen LogP contribution in [0.25, 0.3) is 5.69 Å². The summed E-state index contributed by atoms with van der Waals surface area (Å²) >= 11 is 5.92. The molecule has 1 atom stereocenters. The summed E-state index contributed by atoms with van der Waals surface area (Å²) in [7, 11) is 0. The predicted octanol–water partition coefficient (Wildman–Crippen LogP) is 3.60. The lowest BCUT2D eigenvalue weighted by Gasteiger charge is -2.19. The largest absolute Gasteiger partial charge is 0.340 e. The molecule has 4 aromatic rings. The van der Waals surface area contributed by atoms with Crippen LogP contribution >= 0.6 is 11.6 Å². The number of aromatic nitrogens is 4. The van der Waals surface area contributed by atoms with Gasteiger partial charge in [-0.3, -0.25) is 9.59 Å². The van der Waals surface area contributed by atoms with Gasteiger partial charge in [0, 0.05) is 22.7 Å². The number of amides is 2. The third-order valence-electron chi connectivity index (χ3n) is 5.08. The molecule has 0 saturated carbocycles. The van der Waals surface area contributed by atoms with Gasteiger partial charge < -0.3 is 10.6 Å². The number of tetrazole rings is 1. The normalized spacial score (nSPS) is 11.6. The molecule has 166 valence electrons. The molecule has 0 aliphatic rings. The van der Waals surface area contributed by atoms with Crippen molar-refractivity contribution < 1.29 is 9.59 Å². The molecule has 0 aliphatic carbocycles. The van der Waals surface area contributed by atoms with Crippen molar-refractivity contribution in [2.75, 3.05) is 5.32 Å². The van der Waals surface area contributed by atoms with Gasteiger partial charge in [0.05, 0.1) is 5.69 Å². The van der Waals surface area contributed by atoms with E-state index in [4.69, 9.17) is 11.6 Å². The molecule has 1 aromatic heterocycles. The first-order valence-corrected chi connectivity index (χ1v) is 10.6. The van der Waals surface area contributed by atoms with Gasteiger partial charge in [-0.15, -0.1) is 5.10 Å². The maximum Gasteiger partial charge on any atom is 0.251 e. The molecule has 1 heterocycles. The SMILES string of the molecule is Cc1ccc(NC(=O)C(Cc2ccccc2)NC(=O)c2ccc(Cl)cc2)cc1-n1cnnn1. The van der Waals surface area contributed by atoms with Crippen molar-refractivity contribution in [3.63, 3.8) is 0 Å². The Labute approximate surface area is 195 Å². The van der Waals surface area contributed by atoms with Gasteiger partial charge in [-0.25, -0.2) is 4.68 Å². The second kappa shape index (κ2) is 10.1. The Morgan fingerprint density at radius 1 is 1.03 bits per heavy atom. The topological polar surface area (TPSA) is 102 Å². The Morgan fingerprint density at radius 3 is 2.48 bits per heavy atom. The fourth-order valence-electron chi connectivity index (χ4n) is 3.34. The van der Waals surface area contributed by atoms with Gasteiger partial charge in [-0.2, -0.15) is 0 Å². The minimum absolute atomic E-state index is 0.331. The number of aryl methyl sites for hydroxylation is 1. The first kappa shape index (κ1) is 22.2. The highest BCUT2D eigenvalue weighted by atomic mass is 35.5. The van der Waals surface area contributed by atoms with Crippen molar-refractivity contribution in [2.45, 2.75) is 19.4 Å². The van der Waals surface area contributed by atoms with Crippen LogP contribution in [0.1, 0.15) is 21.5 Å². The van der Waals surface area contributed by atoms with Gasteiger partial charge in [-0.05, 0) is 64.9 Å².